The number of hydrogen-bond acceptors (Lipinski definition) is 7. The molecule has 0 amide bonds. The molecule has 1 aliphatic carbocycles. The second kappa shape index (κ2) is 8.50. The molecule has 5 fully saturated rings. The Labute approximate surface area is 194 Å². The van der Waals surface area contributed by atoms with Crippen molar-refractivity contribution in [1.29, 1.82) is 0 Å². The standard InChI is InChI=1S/C25H34O8/c1-14-8-9-20-15(2)22(28-13-17-6-5-7-18(12-17)29-16(3)21(26)27)30-23-25(20)19(14)10-11-24(4,31-23)32-33-25/h5-7,12,14-16,19-20,22-23H,8-11,13H2,1-4H3,(H,26,27)/t14-,15-,16?,19?,20?,22+,23-,24+,25-/m1/s1. The van der Waals surface area contributed by atoms with Gasteiger partial charge in [0.25, 0.3) is 0 Å². The lowest BCUT2D eigenvalue weighted by Crippen LogP contribution is -2.70. The van der Waals surface area contributed by atoms with Gasteiger partial charge in [-0.05, 0) is 62.6 Å². The highest BCUT2D eigenvalue weighted by atomic mass is 17.3. The molecule has 8 heteroatoms. The van der Waals surface area contributed by atoms with E-state index in [1.807, 2.05) is 19.1 Å². The third kappa shape index (κ3) is 3.96. The minimum absolute atomic E-state index is 0.0948. The number of rotatable bonds is 6. The molecule has 9 atom stereocenters. The van der Waals surface area contributed by atoms with Gasteiger partial charge in [-0.1, -0.05) is 26.0 Å². The van der Waals surface area contributed by atoms with E-state index in [0.29, 0.717) is 24.2 Å². The highest BCUT2D eigenvalue weighted by Crippen LogP contribution is 2.60. The molecule has 1 aromatic rings. The molecule has 4 heterocycles. The molecule has 8 nitrogen and oxygen atoms in total. The van der Waals surface area contributed by atoms with Crippen LogP contribution in [0.25, 0.3) is 0 Å². The zero-order valence-corrected chi connectivity index (χ0v) is 19.7. The third-order valence-corrected chi connectivity index (χ3v) is 8.07. The van der Waals surface area contributed by atoms with Crippen molar-refractivity contribution in [3.8, 4) is 5.75 Å². The van der Waals surface area contributed by atoms with E-state index in [0.717, 1.165) is 31.2 Å². The summed E-state index contributed by atoms with van der Waals surface area (Å²) in [5.41, 5.74) is 0.277. The van der Waals surface area contributed by atoms with Crippen molar-refractivity contribution in [1.82, 2.24) is 0 Å². The molecule has 0 aromatic heterocycles. The maximum Gasteiger partial charge on any atom is 0.344 e. The summed E-state index contributed by atoms with van der Waals surface area (Å²) in [5.74, 6) is -0.190. The van der Waals surface area contributed by atoms with Crippen LogP contribution < -0.4 is 4.74 Å². The molecule has 0 radical (unpaired) electrons. The summed E-state index contributed by atoms with van der Waals surface area (Å²) in [6.45, 7) is 8.18. The Morgan fingerprint density at radius 1 is 1.21 bits per heavy atom. The molecular formula is C25H34O8. The Morgan fingerprint density at radius 2 is 2.03 bits per heavy atom. The minimum Gasteiger partial charge on any atom is -0.479 e. The fraction of sp³-hybridized carbons (Fsp3) is 0.720. The summed E-state index contributed by atoms with van der Waals surface area (Å²) in [4.78, 5) is 23.1. The van der Waals surface area contributed by atoms with Gasteiger partial charge in [0.2, 0.25) is 5.79 Å². The van der Waals surface area contributed by atoms with Crippen LogP contribution in [0.1, 0.15) is 58.9 Å². The second-order valence-electron chi connectivity index (χ2n) is 10.3. The molecule has 33 heavy (non-hydrogen) atoms. The van der Waals surface area contributed by atoms with Crippen LogP contribution in [-0.4, -0.2) is 41.1 Å². The SMILES string of the molecule is CC(Oc1cccc(CO[C@H]2O[C@@H]3O[C@]4(C)CCC5[C@H](C)CCC([C@H]2C)[C@]53OO4)c1)C(=O)O. The molecule has 5 aliphatic rings. The quantitative estimate of drug-likeness (QED) is 0.627. The van der Waals surface area contributed by atoms with Gasteiger partial charge in [0, 0.05) is 18.3 Å². The Bertz CT molecular complexity index is 891. The normalized spacial score (nSPS) is 42.8. The van der Waals surface area contributed by atoms with Gasteiger partial charge in [0.1, 0.15) is 5.75 Å². The van der Waals surface area contributed by atoms with Gasteiger partial charge in [-0.3, -0.25) is 0 Å². The summed E-state index contributed by atoms with van der Waals surface area (Å²) >= 11 is 0. The summed E-state index contributed by atoms with van der Waals surface area (Å²) in [6.07, 6.45) is 2.01. The number of ether oxygens (including phenoxy) is 4. The van der Waals surface area contributed by atoms with E-state index < -0.39 is 36.0 Å². The van der Waals surface area contributed by atoms with Gasteiger partial charge in [0.05, 0.1) is 6.61 Å². The minimum atomic E-state index is -1.01. The molecule has 1 aromatic carbocycles. The number of hydrogen-bond donors (Lipinski definition) is 1. The van der Waals surface area contributed by atoms with Crippen molar-refractivity contribution < 1.29 is 38.6 Å². The van der Waals surface area contributed by atoms with Crippen molar-refractivity contribution in [2.24, 2.45) is 23.7 Å². The number of carboxylic acid groups (broad SMARTS) is 1. The van der Waals surface area contributed by atoms with Crippen LogP contribution in [0.2, 0.25) is 0 Å². The van der Waals surface area contributed by atoms with Crippen molar-refractivity contribution in [3.63, 3.8) is 0 Å². The molecule has 3 unspecified atom stereocenters. The fourth-order valence-corrected chi connectivity index (χ4v) is 6.20. The molecular weight excluding hydrogens is 428 g/mol. The monoisotopic (exact) mass is 462 g/mol. The molecule has 4 saturated heterocycles. The third-order valence-electron chi connectivity index (χ3n) is 8.07. The van der Waals surface area contributed by atoms with Gasteiger partial charge >= 0.3 is 5.97 Å². The maximum atomic E-state index is 11.1. The predicted molar refractivity (Wildman–Crippen MR) is 116 cm³/mol. The molecule has 182 valence electrons. The largest absolute Gasteiger partial charge is 0.479 e. The zero-order valence-electron chi connectivity index (χ0n) is 19.7. The summed E-state index contributed by atoms with van der Waals surface area (Å²) in [7, 11) is 0. The molecule has 6 rings (SSSR count). The van der Waals surface area contributed by atoms with Gasteiger partial charge in [-0.15, -0.1) is 0 Å². The smallest absolute Gasteiger partial charge is 0.344 e. The highest BCUT2D eigenvalue weighted by Gasteiger charge is 2.69. The Kier molecular flexibility index (Phi) is 5.94. The molecule has 1 spiro atoms. The first-order chi connectivity index (χ1) is 15.7. The Hall–Kier alpha value is -1.71. The number of benzene rings is 1. The topological polar surface area (TPSA) is 92.7 Å². The first-order valence-electron chi connectivity index (χ1n) is 12.0. The van der Waals surface area contributed by atoms with E-state index in [1.165, 1.54) is 6.92 Å². The van der Waals surface area contributed by atoms with Crippen LogP contribution in [0.5, 0.6) is 5.75 Å². The lowest BCUT2D eigenvalue weighted by molar-refractivity contribution is -0.577. The van der Waals surface area contributed by atoms with E-state index in [2.05, 4.69) is 13.8 Å². The van der Waals surface area contributed by atoms with E-state index in [1.54, 1.807) is 12.1 Å². The number of fused-ring (bicyclic) bond motifs is 2. The summed E-state index contributed by atoms with van der Waals surface area (Å²) < 4.78 is 24.6. The maximum absolute atomic E-state index is 11.1. The fourth-order valence-electron chi connectivity index (χ4n) is 6.20. The molecule has 1 N–H and O–H groups in total. The van der Waals surface area contributed by atoms with Crippen molar-refractivity contribution >= 4 is 5.97 Å². The van der Waals surface area contributed by atoms with Crippen LogP contribution in [-0.2, 0) is 35.4 Å². The highest BCUT2D eigenvalue weighted by molar-refractivity contribution is 5.72. The van der Waals surface area contributed by atoms with E-state index in [-0.39, 0.29) is 11.8 Å². The average molecular weight is 463 g/mol. The summed E-state index contributed by atoms with van der Waals surface area (Å²) in [6, 6.07) is 7.29. The van der Waals surface area contributed by atoms with Gasteiger partial charge in [-0.2, -0.15) is 0 Å². The van der Waals surface area contributed by atoms with Gasteiger partial charge in [-0.25, -0.2) is 14.6 Å². The van der Waals surface area contributed by atoms with Crippen molar-refractivity contribution in [2.45, 2.75) is 90.1 Å². The van der Waals surface area contributed by atoms with Crippen molar-refractivity contribution in [3.05, 3.63) is 29.8 Å². The Balaban J connectivity index is 1.32. The van der Waals surface area contributed by atoms with Gasteiger partial charge in [0.15, 0.2) is 24.3 Å². The van der Waals surface area contributed by atoms with Gasteiger partial charge < -0.3 is 24.1 Å². The lowest BCUT2D eigenvalue weighted by Gasteiger charge is -2.60. The van der Waals surface area contributed by atoms with Crippen LogP contribution >= 0.6 is 0 Å². The predicted octanol–water partition coefficient (Wildman–Crippen LogP) is 4.26. The van der Waals surface area contributed by atoms with Crippen LogP contribution in [0.4, 0.5) is 0 Å². The van der Waals surface area contributed by atoms with Crippen LogP contribution in [0, 0.1) is 23.7 Å². The van der Waals surface area contributed by atoms with Crippen LogP contribution in [0.3, 0.4) is 0 Å². The zero-order chi connectivity index (χ0) is 23.4. The van der Waals surface area contributed by atoms with E-state index in [9.17, 15) is 4.79 Å². The number of aliphatic carboxylic acids is 1. The van der Waals surface area contributed by atoms with Crippen LogP contribution in [0.15, 0.2) is 24.3 Å². The Morgan fingerprint density at radius 3 is 2.82 bits per heavy atom. The van der Waals surface area contributed by atoms with Crippen molar-refractivity contribution in [2.75, 3.05) is 0 Å². The first kappa shape index (κ1) is 23.1. The first-order valence-corrected chi connectivity index (χ1v) is 12.0. The molecule has 1 saturated carbocycles. The molecule has 2 bridgehead atoms. The molecule has 4 aliphatic heterocycles. The summed E-state index contributed by atoms with van der Waals surface area (Å²) in [5, 5.41) is 9.08. The second-order valence-corrected chi connectivity index (χ2v) is 10.3. The van der Waals surface area contributed by atoms with E-state index in [4.69, 9.17) is 33.8 Å². The van der Waals surface area contributed by atoms with E-state index >= 15 is 0 Å². The average Bonchev–Trinajstić information content (AvgIpc) is 3.01. The number of carbonyl (C=O) groups is 1. The lowest BCUT2D eigenvalue weighted by atomic mass is 9.58. The number of carboxylic acids is 1.